The summed E-state index contributed by atoms with van der Waals surface area (Å²) in [4.78, 5) is 16.9. The van der Waals surface area contributed by atoms with Crippen molar-refractivity contribution >= 4 is 27.8 Å². The molecule has 4 N–H and O–H groups in total. The molecular formula is C22H25FN6O4S. The fourth-order valence-corrected chi connectivity index (χ4v) is 4.08. The van der Waals surface area contributed by atoms with Crippen molar-refractivity contribution in [2.45, 2.75) is 31.7 Å². The van der Waals surface area contributed by atoms with Crippen LogP contribution in [0.2, 0.25) is 0 Å². The minimum atomic E-state index is -3.83. The van der Waals surface area contributed by atoms with Gasteiger partial charge in [-0.05, 0) is 48.2 Å². The monoisotopic (exact) mass is 488 g/mol. The molecule has 2 amide bonds. The minimum Gasteiger partial charge on any atom is -0.511 e. The van der Waals surface area contributed by atoms with Crippen LogP contribution in [0, 0.1) is 10.6 Å². The first kappa shape index (κ1) is 24.7. The van der Waals surface area contributed by atoms with E-state index in [1.165, 1.54) is 55.5 Å². The number of anilines is 1. The molecule has 0 radical (unpaired) electrons. The van der Waals surface area contributed by atoms with Gasteiger partial charge in [-0.3, -0.25) is 0 Å². The molecule has 34 heavy (non-hydrogen) atoms. The second-order valence-electron chi connectivity index (χ2n) is 7.68. The number of aromatic nitrogens is 3. The van der Waals surface area contributed by atoms with Crippen molar-refractivity contribution in [3.05, 3.63) is 59.9 Å². The normalized spacial score (nSPS) is 13.4. The average molecular weight is 489 g/mol. The van der Waals surface area contributed by atoms with Crippen LogP contribution in [-0.2, 0) is 9.92 Å². The molecule has 1 aromatic carbocycles. The molecule has 0 spiro atoms. The molecule has 0 aliphatic rings. The number of methoxy groups -OCH3 is 1. The number of aliphatic hydroxyl groups is 1. The highest BCUT2D eigenvalue weighted by atomic mass is 32.2. The highest BCUT2D eigenvalue weighted by Gasteiger charge is 2.21. The predicted molar refractivity (Wildman–Crippen MR) is 126 cm³/mol. The van der Waals surface area contributed by atoms with Gasteiger partial charge < -0.3 is 15.2 Å². The number of allylic oxidation sites excluding steroid dienone is 1. The number of nitrogens with one attached hydrogen (secondary N) is 3. The lowest BCUT2D eigenvalue weighted by Crippen LogP contribution is -2.34. The van der Waals surface area contributed by atoms with Crippen molar-refractivity contribution in [3.63, 3.8) is 0 Å². The van der Waals surface area contributed by atoms with Crippen molar-refractivity contribution < 1.29 is 23.2 Å². The van der Waals surface area contributed by atoms with Gasteiger partial charge in [0, 0.05) is 24.0 Å². The van der Waals surface area contributed by atoms with Gasteiger partial charge in [0.25, 0.3) is 0 Å². The maximum atomic E-state index is 14.5. The molecule has 0 aliphatic carbocycles. The van der Waals surface area contributed by atoms with E-state index in [4.69, 9.17) is 9.52 Å². The summed E-state index contributed by atoms with van der Waals surface area (Å²) >= 11 is 0. The molecule has 1 unspecified atom stereocenters. The SMILES string of the molecule is COc1cc(-c2cc(F)cc(C(C)C)c2NC(=O)NS(=N)(=O)c2ccn(/C=C(/C)O)n2)ccn1. The van der Waals surface area contributed by atoms with E-state index in [-0.39, 0.29) is 16.7 Å². The van der Waals surface area contributed by atoms with Crippen LogP contribution in [-0.4, -0.2) is 37.2 Å². The Bertz CT molecular complexity index is 1350. The Hall–Kier alpha value is -3.93. The first-order valence-electron chi connectivity index (χ1n) is 10.1. The largest absolute Gasteiger partial charge is 0.511 e. The molecule has 3 rings (SSSR count). The summed E-state index contributed by atoms with van der Waals surface area (Å²) in [5.74, 6) is -0.407. The topological polar surface area (TPSA) is 142 Å². The zero-order chi connectivity index (χ0) is 25.0. The summed E-state index contributed by atoms with van der Waals surface area (Å²) in [6.45, 7) is 5.10. The number of halogens is 1. The summed E-state index contributed by atoms with van der Waals surface area (Å²) in [5.41, 5.74) is 1.70. The van der Waals surface area contributed by atoms with Gasteiger partial charge in [0.15, 0.2) is 14.9 Å². The molecule has 0 saturated heterocycles. The Kier molecular flexibility index (Phi) is 7.20. The number of carbonyl (C=O) groups is 1. The fourth-order valence-electron chi connectivity index (χ4n) is 3.20. The Balaban J connectivity index is 1.97. The molecule has 0 fully saturated rings. The van der Waals surface area contributed by atoms with E-state index >= 15 is 0 Å². The maximum absolute atomic E-state index is 14.5. The number of rotatable bonds is 7. The second kappa shape index (κ2) is 9.91. The van der Waals surface area contributed by atoms with Crippen LogP contribution in [0.25, 0.3) is 17.3 Å². The van der Waals surface area contributed by atoms with Gasteiger partial charge in [-0.2, -0.15) is 5.10 Å². The summed E-state index contributed by atoms with van der Waals surface area (Å²) in [5, 5.41) is 15.7. The van der Waals surface area contributed by atoms with E-state index in [1.54, 1.807) is 12.1 Å². The van der Waals surface area contributed by atoms with Crippen LogP contribution in [0.15, 0.2) is 53.5 Å². The van der Waals surface area contributed by atoms with Crippen LogP contribution >= 0.6 is 0 Å². The second-order valence-corrected chi connectivity index (χ2v) is 9.41. The molecule has 0 aliphatic heterocycles. The van der Waals surface area contributed by atoms with E-state index in [0.29, 0.717) is 28.3 Å². The first-order chi connectivity index (χ1) is 16.0. The molecule has 1 atom stereocenters. The summed E-state index contributed by atoms with van der Waals surface area (Å²) in [7, 11) is -2.38. The number of benzene rings is 1. The molecule has 0 saturated carbocycles. The Morgan fingerprint density at radius 2 is 2.06 bits per heavy atom. The smallest absolute Gasteiger partial charge is 0.332 e. The molecule has 0 bridgehead atoms. The van der Waals surface area contributed by atoms with Crippen LogP contribution in [0.3, 0.4) is 0 Å². The number of amides is 2. The fraction of sp³-hybridized carbons (Fsp3) is 0.227. The van der Waals surface area contributed by atoms with Crippen molar-refractivity contribution in [1.29, 1.82) is 4.78 Å². The van der Waals surface area contributed by atoms with Crippen LogP contribution in [0.1, 0.15) is 32.3 Å². The van der Waals surface area contributed by atoms with Gasteiger partial charge in [0.05, 0.1) is 19.0 Å². The number of carbonyl (C=O) groups excluding carboxylic acids is 1. The lowest BCUT2D eigenvalue weighted by Gasteiger charge is -2.19. The molecular weight excluding hydrogens is 463 g/mol. The van der Waals surface area contributed by atoms with E-state index in [9.17, 15) is 18.5 Å². The van der Waals surface area contributed by atoms with Gasteiger partial charge in [-0.25, -0.2) is 32.6 Å². The summed E-state index contributed by atoms with van der Waals surface area (Å²) < 4.78 is 43.9. The third-order valence-corrected chi connectivity index (χ3v) is 5.96. The lowest BCUT2D eigenvalue weighted by atomic mass is 9.94. The van der Waals surface area contributed by atoms with Crippen molar-refractivity contribution in [1.82, 2.24) is 19.5 Å². The number of hydrogen-bond acceptors (Lipinski definition) is 7. The molecule has 12 heteroatoms. The zero-order valence-corrected chi connectivity index (χ0v) is 19.8. The van der Waals surface area contributed by atoms with Gasteiger partial charge in [-0.15, -0.1) is 0 Å². The van der Waals surface area contributed by atoms with Gasteiger partial charge in [0.2, 0.25) is 5.88 Å². The van der Waals surface area contributed by atoms with E-state index < -0.39 is 21.8 Å². The molecule has 2 aromatic heterocycles. The Morgan fingerprint density at radius 1 is 1.32 bits per heavy atom. The minimum absolute atomic E-state index is 0.0466. The summed E-state index contributed by atoms with van der Waals surface area (Å²) in [6, 6.07) is 6.17. The van der Waals surface area contributed by atoms with E-state index in [2.05, 4.69) is 20.1 Å². The van der Waals surface area contributed by atoms with Gasteiger partial charge in [-0.1, -0.05) is 13.8 Å². The number of hydrogen-bond donors (Lipinski definition) is 4. The van der Waals surface area contributed by atoms with Crippen molar-refractivity contribution in [2.24, 2.45) is 0 Å². The highest BCUT2D eigenvalue weighted by molar-refractivity contribution is 7.91. The Morgan fingerprint density at radius 3 is 2.71 bits per heavy atom. The lowest BCUT2D eigenvalue weighted by molar-refractivity contribution is 0.256. The Labute approximate surface area is 196 Å². The van der Waals surface area contributed by atoms with Crippen LogP contribution in [0.4, 0.5) is 14.9 Å². The predicted octanol–water partition coefficient (Wildman–Crippen LogP) is 4.73. The number of aliphatic hydroxyl groups excluding tert-OH is 1. The number of nitrogens with zero attached hydrogens (tertiary/aromatic N) is 3. The average Bonchev–Trinajstić information content (AvgIpc) is 3.23. The van der Waals surface area contributed by atoms with Crippen LogP contribution < -0.4 is 14.8 Å². The first-order valence-corrected chi connectivity index (χ1v) is 11.7. The molecule has 2 heterocycles. The number of ether oxygens (including phenoxy) is 1. The number of urea groups is 1. The summed E-state index contributed by atoms with van der Waals surface area (Å²) in [6.07, 6.45) is 4.13. The van der Waals surface area contributed by atoms with Gasteiger partial charge >= 0.3 is 6.03 Å². The zero-order valence-electron chi connectivity index (χ0n) is 19.0. The quantitative estimate of drug-likeness (QED) is 0.354. The standard InChI is InChI=1S/C22H25FN6O4S/c1-13(2)17-10-16(23)11-18(15-5-7-25-19(9-15)33-4)21(17)26-22(31)28-34(24,32)20-6-8-29(27-20)12-14(3)30/h5-13,30H,1-4H3,(H3,24,26,28,31,32)/b14-12-. The number of pyridine rings is 1. The van der Waals surface area contributed by atoms with Crippen LogP contribution in [0.5, 0.6) is 5.88 Å². The molecule has 180 valence electrons. The third-order valence-electron chi connectivity index (χ3n) is 4.68. The third kappa shape index (κ3) is 5.70. The molecule has 10 nitrogen and oxygen atoms in total. The molecule has 3 aromatic rings. The van der Waals surface area contributed by atoms with E-state index in [0.717, 1.165) is 0 Å². The van der Waals surface area contributed by atoms with E-state index in [1.807, 2.05) is 13.8 Å². The maximum Gasteiger partial charge on any atom is 0.332 e. The highest BCUT2D eigenvalue weighted by Crippen LogP contribution is 2.36. The van der Waals surface area contributed by atoms with Crippen molar-refractivity contribution in [2.75, 3.05) is 12.4 Å². The van der Waals surface area contributed by atoms with Gasteiger partial charge in [0.1, 0.15) is 11.6 Å². The van der Waals surface area contributed by atoms with Crippen molar-refractivity contribution in [3.8, 4) is 17.0 Å².